The van der Waals surface area contributed by atoms with E-state index in [0.29, 0.717) is 40.1 Å². The predicted octanol–water partition coefficient (Wildman–Crippen LogP) is 3.58. The van der Waals surface area contributed by atoms with E-state index < -0.39 is 17.7 Å². The molecule has 0 aliphatic carbocycles. The van der Waals surface area contributed by atoms with Crippen LogP contribution >= 0.6 is 15.9 Å². The van der Waals surface area contributed by atoms with Crippen LogP contribution in [0.1, 0.15) is 29.4 Å². The highest BCUT2D eigenvalue weighted by molar-refractivity contribution is 9.10. The largest absolute Gasteiger partial charge is 0.505 e. The number of aliphatic hydroxyl groups excluding tert-OH is 1. The van der Waals surface area contributed by atoms with Crippen LogP contribution in [0.4, 0.5) is 0 Å². The van der Waals surface area contributed by atoms with E-state index >= 15 is 0 Å². The topological polar surface area (TPSA) is 114 Å². The lowest BCUT2D eigenvalue weighted by molar-refractivity contribution is -0.140. The van der Waals surface area contributed by atoms with Gasteiger partial charge in [0.15, 0.2) is 17.3 Å². The van der Waals surface area contributed by atoms with Crippen LogP contribution in [-0.4, -0.2) is 63.6 Å². The normalized spacial score (nSPS) is 17.6. The maximum absolute atomic E-state index is 13.3. The molecule has 1 fully saturated rings. The highest BCUT2D eigenvalue weighted by atomic mass is 79.9. The van der Waals surface area contributed by atoms with Crippen LogP contribution in [0.2, 0.25) is 0 Å². The Labute approximate surface area is 204 Å². The van der Waals surface area contributed by atoms with Gasteiger partial charge in [-0.1, -0.05) is 6.07 Å². The predicted molar refractivity (Wildman–Crippen MR) is 128 cm³/mol. The number of likely N-dealkylation sites (tertiary alicyclic amines) is 1. The van der Waals surface area contributed by atoms with E-state index in [1.165, 1.54) is 12.0 Å². The van der Waals surface area contributed by atoms with Gasteiger partial charge in [-0.05, 0) is 59.1 Å². The highest BCUT2D eigenvalue weighted by Crippen LogP contribution is 2.44. The molecule has 1 aromatic carbocycles. The van der Waals surface area contributed by atoms with Gasteiger partial charge in [-0.2, -0.15) is 0 Å². The van der Waals surface area contributed by atoms with Gasteiger partial charge in [0.05, 0.1) is 28.9 Å². The molecule has 9 nitrogen and oxygen atoms in total. The number of phenolic OH excluding ortho intramolecular Hbond substituents is 1. The summed E-state index contributed by atoms with van der Waals surface area (Å²) in [5.41, 5.74) is 1.88. The lowest BCUT2D eigenvalue weighted by atomic mass is 9.95. The maximum atomic E-state index is 13.3. The first-order chi connectivity index (χ1) is 16.3. The number of hydrogen-bond acceptors (Lipinski definition) is 7. The van der Waals surface area contributed by atoms with E-state index in [1.807, 2.05) is 6.07 Å². The lowest BCUT2D eigenvalue weighted by Crippen LogP contribution is -2.31. The molecule has 1 aliphatic heterocycles. The molecule has 34 heavy (non-hydrogen) atoms. The van der Waals surface area contributed by atoms with Crippen molar-refractivity contribution in [3.63, 3.8) is 0 Å². The molecule has 1 aliphatic rings. The number of aryl methyl sites for hydroxylation is 1. The number of ketones is 1. The third kappa shape index (κ3) is 3.92. The van der Waals surface area contributed by atoms with Gasteiger partial charge in [0.2, 0.25) is 0 Å². The van der Waals surface area contributed by atoms with Crippen LogP contribution in [0.15, 0.2) is 46.6 Å². The van der Waals surface area contributed by atoms with Crippen molar-refractivity contribution in [2.75, 3.05) is 27.4 Å². The fourth-order valence-corrected chi connectivity index (χ4v) is 4.73. The lowest BCUT2D eigenvalue weighted by Gasteiger charge is -2.26. The van der Waals surface area contributed by atoms with Gasteiger partial charge in [-0.25, -0.2) is 4.98 Å². The molecule has 178 valence electrons. The summed E-state index contributed by atoms with van der Waals surface area (Å²) in [5.74, 6) is -1.79. The number of halogens is 1. The van der Waals surface area contributed by atoms with Gasteiger partial charge in [0.25, 0.3) is 11.7 Å². The molecule has 1 saturated heterocycles. The molecule has 2 aromatic heterocycles. The molecule has 1 atom stereocenters. The minimum Gasteiger partial charge on any atom is -0.505 e. The molecule has 0 radical (unpaired) electrons. The molecule has 3 heterocycles. The van der Waals surface area contributed by atoms with E-state index in [0.717, 1.165) is 0 Å². The Morgan fingerprint density at radius 3 is 2.71 bits per heavy atom. The molecule has 2 N–H and O–H groups in total. The van der Waals surface area contributed by atoms with Crippen LogP contribution in [0.3, 0.4) is 0 Å². The van der Waals surface area contributed by atoms with Gasteiger partial charge in [-0.15, -0.1) is 0 Å². The molecular formula is C24H24BrN3O6. The zero-order valence-electron chi connectivity index (χ0n) is 18.9. The number of methoxy groups -OCH3 is 2. The maximum Gasteiger partial charge on any atom is 0.295 e. The highest BCUT2D eigenvalue weighted by Gasteiger charge is 2.46. The standard InChI is InChI=1S/C24H24BrN3O6/c1-13-19(27-8-5-4-7-17(27)26-13)22(30)18-20(14-11-15(25)21(29)16(12-14)34-3)28(9-6-10-33-2)24(32)23(18)31/h4-5,7-8,11-12,20,29-30H,6,9-10H2,1-3H3. The number of aliphatic hydroxyl groups is 1. The van der Waals surface area contributed by atoms with E-state index in [2.05, 4.69) is 20.9 Å². The Balaban J connectivity index is 1.96. The van der Waals surface area contributed by atoms with Crippen molar-refractivity contribution in [3.8, 4) is 11.5 Å². The summed E-state index contributed by atoms with van der Waals surface area (Å²) in [6, 6.07) is 7.64. The number of aromatic hydroxyl groups is 1. The number of pyridine rings is 1. The second-order valence-corrected chi connectivity index (χ2v) is 8.72. The molecule has 0 spiro atoms. The first-order valence-electron chi connectivity index (χ1n) is 10.6. The van der Waals surface area contributed by atoms with Gasteiger partial charge >= 0.3 is 0 Å². The summed E-state index contributed by atoms with van der Waals surface area (Å²) in [5, 5.41) is 21.7. The van der Waals surface area contributed by atoms with E-state index in [1.54, 1.807) is 48.9 Å². The number of carbonyl (C=O) groups is 2. The van der Waals surface area contributed by atoms with Crippen LogP contribution in [0, 0.1) is 6.92 Å². The minimum absolute atomic E-state index is 0.0594. The number of phenols is 1. The average Bonchev–Trinajstić information content (AvgIpc) is 3.28. The minimum atomic E-state index is -0.906. The van der Waals surface area contributed by atoms with E-state index in [-0.39, 0.29) is 29.4 Å². The SMILES string of the molecule is COCCCN1C(=O)C(=O)C(=C(O)c2c(C)nc3ccccn23)C1c1cc(Br)c(O)c(OC)c1. The van der Waals surface area contributed by atoms with Crippen molar-refractivity contribution in [1.82, 2.24) is 14.3 Å². The second-order valence-electron chi connectivity index (χ2n) is 7.87. The van der Waals surface area contributed by atoms with Crippen molar-refractivity contribution < 1.29 is 29.3 Å². The molecule has 0 bridgehead atoms. The Bertz CT molecular complexity index is 1320. The van der Waals surface area contributed by atoms with Crippen LogP contribution in [-0.2, 0) is 14.3 Å². The number of carbonyl (C=O) groups excluding carboxylic acids is 2. The fraction of sp³-hybridized carbons (Fsp3) is 0.292. The quantitative estimate of drug-likeness (QED) is 0.208. The van der Waals surface area contributed by atoms with Crippen LogP contribution in [0.5, 0.6) is 11.5 Å². The monoisotopic (exact) mass is 529 g/mol. The van der Waals surface area contributed by atoms with E-state index in [9.17, 15) is 19.8 Å². The Kier molecular flexibility index (Phi) is 6.63. The average molecular weight is 530 g/mol. The summed E-state index contributed by atoms with van der Waals surface area (Å²) in [6.07, 6.45) is 2.22. The number of fused-ring (bicyclic) bond motifs is 1. The molecule has 1 unspecified atom stereocenters. The summed E-state index contributed by atoms with van der Waals surface area (Å²) in [7, 11) is 2.96. The smallest absolute Gasteiger partial charge is 0.295 e. The number of ether oxygens (including phenoxy) is 2. The number of aromatic nitrogens is 2. The fourth-order valence-electron chi connectivity index (χ4n) is 4.27. The van der Waals surface area contributed by atoms with Crippen LogP contribution in [0.25, 0.3) is 11.4 Å². The number of benzene rings is 1. The Hall–Kier alpha value is -3.37. The number of hydrogen-bond donors (Lipinski definition) is 2. The number of Topliss-reactive ketones (excluding diaryl/α,β-unsaturated/α-hetero) is 1. The third-order valence-corrected chi connectivity index (χ3v) is 6.41. The van der Waals surface area contributed by atoms with Crippen LogP contribution < -0.4 is 4.74 Å². The van der Waals surface area contributed by atoms with Gasteiger partial charge in [-0.3, -0.25) is 14.0 Å². The number of imidazole rings is 1. The Morgan fingerprint density at radius 2 is 2.00 bits per heavy atom. The van der Waals surface area contributed by atoms with Crippen molar-refractivity contribution in [3.05, 3.63) is 63.5 Å². The molecular weight excluding hydrogens is 506 g/mol. The Morgan fingerprint density at radius 1 is 1.24 bits per heavy atom. The number of nitrogens with zero attached hydrogens (tertiary/aromatic N) is 3. The van der Waals surface area contributed by atoms with E-state index in [4.69, 9.17) is 9.47 Å². The van der Waals surface area contributed by atoms with Crippen molar-refractivity contribution in [2.24, 2.45) is 0 Å². The van der Waals surface area contributed by atoms with Crippen molar-refractivity contribution >= 4 is 39.0 Å². The third-order valence-electron chi connectivity index (χ3n) is 5.80. The van der Waals surface area contributed by atoms with Gasteiger partial charge < -0.3 is 24.6 Å². The molecule has 1 amide bonds. The summed E-state index contributed by atoms with van der Waals surface area (Å²) < 4.78 is 12.4. The zero-order valence-corrected chi connectivity index (χ0v) is 20.5. The van der Waals surface area contributed by atoms with Crippen molar-refractivity contribution in [1.29, 1.82) is 0 Å². The molecule has 0 saturated carbocycles. The van der Waals surface area contributed by atoms with Crippen molar-refractivity contribution in [2.45, 2.75) is 19.4 Å². The van der Waals surface area contributed by atoms with Gasteiger partial charge in [0, 0.05) is 26.5 Å². The number of amides is 1. The summed E-state index contributed by atoms with van der Waals surface area (Å²) in [4.78, 5) is 32.2. The summed E-state index contributed by atoms with van der Waals surface area (Å²) in [6.45, 7) is 2.35. The second kappa shape index (κ2) is 9.47. The molecule has 3 aromatic rings. The first-order valence-corrected chi connectivity index (χ1v) is 11.4. The summed E-state index contributed by atoms with van der Waals surface area (Å²) >= 11 is 3.31. The first kappa shape index (κ1) is 23.8. The molecule has 4 rings (SSSR count). The van der Waals surface area contributed by atoms with Gasteiger partial charge in [0.1, 0.15) is 11.3 Å². The number of rotatable bonds is 7. The molecule has 10 heteroatoms. The zero-order chi connectivity index (χ0) is 24.6.